The fourth-order valence-corrected chi connectivity index (χ4v) is 2.94. The Kier molecular flexibility index (Phi) is 4.36. The fourth-order valence-electron chi connectivity index (χ4n) is 2.68. The van der Waals surface area contributed by atoms with E-state index in [9.17, 15) is 0 Å². The first-order valence-electron chi connectivity index (χ1n) is 7.91. The smallest absolute Gasteiger partial charge is 0.0972 e. The van der Waals surface area contributed by atoms with Crippen molar-refractivity contribution in [2.75, 3.05) is 0 Å². The number of benzene rings is 1. The van der Waals surface area contributed by atoms with Gasteiger partial charge < -0.3 is 0 Å². The molecule has 0 aliphatic rings. The van der Waals surface area contributed by atoms with E-state index >= 15 is 0 Å². The van der Waals surface area contributed by atoms with E-state index in [2.05, 4.69) is 44.1 Å². The Morgan fingerprint density at radius 3 is 1.92 bits per heavy atom. The van der Waals surface area contributed by atoms with Gasteiger partial charge in [0.25, 0.3) is 0 Å². The maximum absolute atomic E-state index is 4.88. The second kappa shape index (κ2) is 6.95. The van der Waals surface area contributed by atoms with Crippen LogP contribution in [0, 0.1) is 0 Å². The van der Waals surface area contributed by atoms with Gasteiger partial charge in [0.1, 0.15) is 0 Å². The third-order valence-corrected chi connectivity index (χ3v) is 4.41. The molecule has 0 spiro atoms. The van der Waals surface area contributed by atoms with Crippen LogP contribution in [0.15, 0.2) is 89.7 Å². The topological polar surface area (TPSA) is 38.7 Å². The van der Waals surface area contributed by atoms with E-state index in [4.69, 9.17) is 4.98 Å². The molecule has 0 unspecified atom stereocenters. The molecule has 1 aromatic carbocycles. The summed E-state index contributed by atoms with van der Waals surface area (Å²) in [5.41, 5.74) is 5.53. The molecule has 4 rings (SSSR count). The molecule has 0 fully saturated rings. The molecule has 0 aliphatic heterocycles. The Labute approximate surface area is 154 Å². The van der Waals surface area contributed by atoms with Crippen LogP contribution in [-0.2, 0) is 0 Å². The highest BCUT2D eigenvalue weighted by Gasteiger charge is 2.12. The van der Waals surface area contributed by atoms with Crippen molar-refractivity contribution >= 4 is 15.9 Å². The number of pyridine rings is 3. The molecule has 0 aliphatic carbocycles. The average Bonchev–Trinajstić information content (AvgIpc) is 2.70. The van der Waals surface area contributed by atoms with Crippen molar-refractivity contribution in [1.82, 2.24) is 15.0 Å². The fraction of sp³-hybridized carbons (Fsp3) is 0. The monoisotopic (exact) mass is 387 g/mol. The number of halogens is 1. The lowest BCUT2D eigenvalue weighted by Gasteiger charge is -2.11. The highest BCUT2D eigenvalue weighted by atomic mass is 79.9. The van der Waals surface area contributed by atoms with Crippen LogP contribution in [0.2, 0.25) is 0 Å². The quantitative estimate of drug-likeness (QED) is 0.456. The lowest BCUT2D eigenvalue weighted by molar-refractivity contribution is 1.22. The van der Waals surface area contributed by atoms with E-state index in [0.29, 0.717) is 0 Å². The van der Waals surface area contributed by atoms with E-state index in [1.807, 2.05) is 54.6 Å². The highest BCUT2D eigenvalue weighted by molar-refractivity contribution is 9.10. The molecule has 0 radical (unpaired) electrons. The first kappa shape index (κ1) is 15.7. The third kappa shape index (κ3) is 3.35. The Balaban J connectivity index is 1.91. The Hall–Kier alpha value is -2.85. The van der Waals surface area contributed by atoms with E-state index in [-0.39, 0.29) is 0 Å². The van der Waals surface area contributed by atoms with Gasteiger partial charge in [0, 0.05) is 22.4 Å². The summed E-state index contributed by atoms with van der Waals surface area (Å²) >= 11 is 3.49. The summed E-state index contributed by atoms with van der Waals surface area (Å²) in [5, 5.41) is 0. The summed E-state index contributed by atoms with van der Waals surface area (Å²) in [4.78, 5) is 13.8. The van der Waals surface area contributed by atoms with Crippen LogP contribution in [0.25, 0.3) is 33.9 Å². The van der Waals surface area contributed by atoms with Crippen LogP contribution < -0.4 is 0 Å². The van der Waals surface area contributed by atoms with Gasteiger partial charge >= 0.3 is 0 Å². The lowest BCUT2D eigenvalue weighted by atomic mass is 10.0. The summed E-state index contributed by atoms with van der Waals surface area (Å²) < 4.78 is 1.05. The Bertz CT molecular complexity index is 985. The van der Waals surface area contributed by atoms with E-state index in [0.717, 1.165) is 38.4 Å². The lowest BCUT2D eigenvalue weighted by Crippen LogP contribution is -1.95. The third-order valence-electron chi connectivity index (χ3n) is 3.89. The van der Waals surface area contributed by atoms with Crippen molar-refractivity contribution in [2.45, 2.75) is 0 Å². The minimum Gasteiger partial charge on any atom is -0.255 e. The largest absolute Gasteiger partial charge is 0.255 e. The molecule has 0 N–H and O–H groups in total. The minimum atomic E-state index is 0.835. The zero-order valence-electron chi connectivity index (χ0n) is 13.3. The molecule has 120 valence electrons. The zero-order chi connectivity index (χ0) is 17.1. The van der Waals surface area contributed by atoms with Gasteiger partial charge in [-0.2, -0.15) is 0 Å². The van der Waals surface area contributed by atoms with Gasteiger partial charge in [-0.05, 0) is 54.1 Å². The number of hydrogen-bond acceptors (Lipinski definition) is 3. The second-order valence-corrected chi connectivity index (χ2v) is 6.45. The number of rotatable bonds is 3. The molecular weight excluding hydrogens is 374 g/mol. The van der Waals surface area contributed by atoms with Gasteiger partial charge in [-0.3, -0.25) is 9.97 Å². The van der Waals surface area contributed by atoms with Gasteiger partial charge in [0.15, 0.2) is 0 Å². The maximum Gasteiger partial charge on any atom is 0.0972 e. The predicted octanol–water partition coefficient (Wildman–Crippen LogP) is 5.64. The van der Waals surface area contributed by atoms with Crippen LogP contribution in [0.5, 0.6) is 0 Å². The molecule has 25 heavy (non-hydrogen) atoms. The summed E-state index contributed by atoms with van der Waals surface area (Å²) in [6.07, 6.45) is 3.57. The van der Waals surface area contributed by atoms with Crippen molar-refractivity contribution in [1.29, 1.82) is 0 Å². The van der Waals surface area contributed by atoms with Crippen LogP contribution in [0.3, 0.4) is 0 Å². The summed E-state index contributed by atoms with van der Waals surface area (Å²) in [5.74, 6) is 0. The van der Waals surface area contributed by atoms with E-state index in [1.165, 1.54) is 0 Å². The average molecular weight is 388 g/mol. The van der Waals surface area contributed by atoms with Gasteiger partial charge in [-0.1, -0.05) is 40.2 Å². The molecule has 3 aromatic heterocycles. The molecule has 0 atom stereocenters. The molecule has 0 saturated heterocycles. The van der Waals surface area contributed by atoms with E-state index < -0.39 is 0 Å². The van der Waals surface area contributed by atoms with Gasteiger partial charge in [0.05, 0.1) is 22.8 Å². The molecule has 0 amide bonds. The normalized spacial score (nSPS) is 10.6. The second-order valence-electron chi connectivity index (χ2n) is 5.53. The molecular formula is C21H14BrN3. The Morgan fingerprint density at radius 2 is 1.28 bits per heavy atom. The first-order valence-corrected chi connectivity index (χ1v) is 8.70. The number of aromatic nitrogens is 3. The standard InChI is InChI=1S/C21H14BrN3/c22-16-9-7-15(8-10-16)17-11-12-19(18-5-1-3-13-23-18)25-21(17)20-6-2-4-14-24-20/h1-14H. The van der Waals surface area contributed by atoms with E-state index in [1.54, 1.807) is 12.4 Å². The van der Waals surface area contributed by atoms with Crippen LogP contribution in [-0.4, -0.2) is 15.0 Å². The van der Waals surface area contributed by atoms with Crippen LogP contribution in [0.1, 0.15) is 0 Å². The summed E-state index contributed by atoms with van der Waals surface area (Å²) in [6, 6.07) is 24.0. The molecule has 3 nitrogen and oxygen atoms in total. The van der Waals surface area contributed by atoms with Crippen molar-refractivity contribution in [3.05, 3.63) is 89.7 Å². The van der Waals surface area contributed by atoms with Crippen LogP contribution >= 0.6 is 15.9 Å². The van der Waals surface area contributed by atoms with Gasteiger partial charge in [-0.25, -0.2) is 4.98 Å². The minimum absolute atomic E-state index is 0.835. The first-order chi connectivity index (χ1) is 12.3. The summed E-state index contributed by atoms with van der Waals surface area (Å²) in [6.45, 7) is 0. The molecule has 4 heteroatoms. The molecule has 0 saturated carbocycles. The van der Waals surface area contributed by atoms with Gasteiger partial charge in [-0.15, -0.1) is 0 Å². The maximum atomic E-state index is 4.88. The van der Waals surface area contributed by atoms with Crippen molar-refractivity contribution in [2.24, 2.45) is 0 Å². The molecule has 4 aromatic rings. The number of nitrogens with zero attached hydrogens (tertiary/aromatic N) is 3. The van der Waals surface area contributed by atoms with Crippen LogP contribution in [0.4, 0.5) is 0 Å². The SMILES string of the molecule is Brc1ccc(-c2ccc(-c3ccccn3)nc2-c2ccccn2)cc1. The van der Waals surface area contributed by atoms with Crippen molar-refractivity contribution in [3.63, 3.8) is 0 Å². The Morgan fingerprint density at radius 1 is 0.600 bits per heavy atom. The molecule has 0 bridgehead atoms. The van der Waals surface area contributed by atoms with Gasteiger partial charge in [0.2, 0.25) is 0 Å². The highest BCUT2D eigenvalue weighted by Crippen LogP contribution is 2.32. The van der Waals surface area contributed by atoms with Crippen molar-refractivity contribution < 1.29 is 0 Å². The predicted molar refractivity (Wildman–Crippen MR) is 104 cm³/mol. The van der Waals surface area contributed by atoms with Crippen molar-refractivity contribution in [3.8, 4) is 33.9 Å². The number of hydrogen-bond donors (Lipinski definition) is 0. The molecule has 3 heterocycles. The zero-order valence-corrected chi connectivity index (χ0v) is 14.9. The summed E-state index contributed by atoms with van der Waals surface area (Å²) in [7, 11) is 0.